The Bertz CT molecular complexity index is 562. The van der Waals surface area contributed by atoms with E-state index in [1.54, 1.807) is 31.0 Å². The fourth-order valence-corrected chi connectivity index (χ4v) is 3.20. The number of hydrogen-bond donors (Lipinski definition) is 1. The summed E-state index contributed by atoms with van der Waals surface area (Å²) in [6.07, 6.45) is 0.514. The van der Waals surface area contributed by atoms with E-state index in [2.05, 4.69) is 18.7 Å². The lowest BCUT2D eigenvalue weighted by atomic mass is 10.00. The predicted molar refractivity (Wildman–Crippen MR) is 88.9 cm³/mol. The molecule has 1 aromatic rings. The van der Waals surface area contributed by atoms with Gasteiger partial charge in [-0.2, -0.15) is 0 Å². The summed E-state index contributed by atoms with van der Waals surface area (Å²) in [6.45, 7) is 8.04. The number of hydrogen-bond acceptors (Lipinski definition) is 3. The molecule has 1 amide bonds. The summed E-state index contributed by atoms with van der Waals surface area (Å²) < 4.78 is 13.7. The van der Waals surface area contributed by atoms with Crippen LogP contribution >= 0.6 is 0 Å². The Kier molecular flexibility index (Phi) is 5.76. The minimum absolute atomic E-state index is 0.0236. The van der Waals surface area contributed by atoms with Crippen LogP contribution < -0.4 is 0 Å². The number of benzene rings is 1. The third-order valence-corrected chi connectivity index (χ3v) is 4.78. The van der Waals surface area contributed by atoms with Crippen molar-refractivity contribution in [1.29, 1.82) is 0 Å². The van der Waals surface area contributed by atoms with E-state index in [9.17, 15) is 14.3 Å². The molecule has 128 valence electrons. The molecule has 0 aliphatic carbocycles. The average molecular weight is 322 g/mol. The van der Waals surface area contributed by atoms with Crippen LogP contribution in [0, 0.1) is 18.7 Å². The molecule has 2 atom stereocenters. The first-order valence-corrected chi connectivity index (χ1v) is 8.24. The van der Waals surface area contributed by atoms with Gasteiger partial charge in [-0.25, -0.2) is 4.39 Å². The zero-order valence-corrected chi connectivity index (χ0v) is 14.4. The van der Waals surface area contributed by atoms with Crippen molar-refractivity contribution in [3.05, 3.63) is 35.1 Å². The zero-order valence-electron chi connectivity index (χ0n) is 14.4. The van der Waals surface area contributed by atoms with Crippen LogP contribution in [0.25, 0.3) is 0 Å². The summed E-state index contributed by atoms with van der Waals surface area (Å²) in [5.41, 5.74) is 0.808. The van der Waals surface area contributed by atoms with Crippen LogP contribution in [0.3, 0.4) is 0 Å². The van der Waals surface area contributed by atoms with E-state index in [0.29, 0.717) is 17.7 Å². The van der Waals surface area contributed by atoms with Crippen molar-refractivity contribution in [2.24, 2.45) is 5.92 Å². The normalized spacial score (nSPS) is 20.0. The molecule has 0 saturated carbocycles. The van der Waals surface area contributed by atoms with Crippen molar-refractivity contribution >= 4 is 5.91 Å². The Hall–Kier alpha value is -1.46. The number of nitrogens with zero attached hydrogens (tertiary/aromatic N) is 2. The number of carbonyl (C=O) groups is 1. The van der Waals surface area contributed by atoms with Crippen LogP contribution in [0.5, 0.6) is 0 Å². The molecule has 1 fully saturated rings. The monoisotopic (exact) mass is 322 g/mol. The molecule has 1 saturated heterocycles. The molecule has 0 aromatic heterocycles. The van der Waals surface area contributed by atoms with E-state index < -0.39 is 0 Å². The van der Waals surface area contributed by atoms with Gasteiger partial charge in [-0.15, -0.1) is 0 Å². The van der Waals surface area contributed by atoms with E-state index in [0.717, 1.165) is 19.5 Å². The quantitative estimate of drug-likeness (QED) is 0.904. The fraction of sp³-hybridized carbons (Fsp3) is 0.611. The van der Waals surface area contributed by atoms with Gasteiger partial charge in [0.1, 0.15) is 5.82 Å². The van der Waals surface area contributed by atoms with Gasteiger partial charge in [0.05, 0.1) is 6.10 Å². The maximum atomic E-state index is 13.7. The molecule has 5 heteroatoms. The van der Waals surface area contributed by atoms with Gasteiger partial charge < -0.3 is 10.0 Å². The van der Waals surface area contributed by atoms with Crippen molar-refractivity contribution in [2.75, 3.05) is 26.7 Å². The van der Waals surface area contributed by atoms with Gasteiger partial charge in [-0.3, -0.25) is 9.69 Å². The molecule has 4 nitrogen and oxygen atoms in total. The third-order valence-electron chi connectivity index (χ3n) is 4.78. The van der Waals surface area contributed by atoms with Gasteiger partial charge in [0.25, 0.3) is 5.91 Å². The van der Waals surface area contributed by atoms with Crippen LogP contribution in [-0.4, -0.2) is 59.6 Å². The molecule has 23 heavy (non-hydrogen) atoms. The SMILES string of the molecule is Cc1c(F)cccc1C(=O)N(C)[C@H](CN1CC[C@H](O)C1)C(C)C. The Morgan fingerprint density at radius 1 is 1.48 bits per heavy atom. The van der Waals surface area contributed by atoms with Gasteiger partial charge >= 0.3 is 0 Å². The molecule has 0 radical (unpaired) electrons. The highest BCUT2D eigenvalue weighted by molar-refractivity contribution is 5.95. The lowest BCUT2D eigenvalue weighted by Gasteiger charge is -2.34. The molecule has 1 N–H and O–H groups in total. The number of halogens is 1. The van der Waals surface area contributed by atoms with Gasteiger partial charge in [0.2, 0.25) is 0 Å². The molecule has 0 spiro atoms. The summed E-state index contributed by atoms with van der Waals surface area (Å²) in [6, 6.07) is 4.65. The summed E-state index contributed by atoms with van der Waals surface area (Å²) in [7, 11) is 1.78. The second-order valence-corrected chi connectivity index (χ2v) is 6.84. The number of aliphatic hydroxyl groups is 1. The van der Waals surface area contributed by atoms with E-state index in [4.69, 9.17) is 0 Å². The third kappa shape index (κ3) is 4.09. The van der Waals surface area contributed by atoms with E-state index in [1.807, 2.05) is 0 Å². The molecule has 0 bridgehead atoms. The molecule has 1 aliphatic heterocycles. The first-order valence-electron chi connectivity index (χ1n) is 8.24. The summed E-state index contributed by atoms with van der Waals surface area (Å²) in [5.74, 6) is -0.232. The van der Waals surface area contributed by atoms with Crippen molar-refractivity contribution in [1.82, 2.24) is 9.80 Å². The molecule has 2 rings (SSSR count). The lowest BCUT2D eigenvalue weighted by Crippen LogP contribution is -2.47. The fourth-order valence-electron chi connectivity index (χ4n) is 3.20. The number of rotatable bonds is 5. The Morgan fingerprint density at radius 2 is 2.17 bits per heavy atom. The standard InChI is InChI=1S/C18H27FN2O2/c1-12(2)17(11-21-9-8-14(22)10-21)20(4)18(23)15-6-5-7-16(19)13(15)3/h5-7,12,14,17,22H,8-11H2,1-4H3/t14-,17+/m0/s1. The maximum Gasteiger partial charge on any atom is 0.254 e. The largest absolute Gasteiger partial charge is 0.392 e. The van der Waals surface area contributed by atoms with Crippen molar-refractivity contribution in [3.63, 3.8) is 0 Å². The van der Waals surface area contributed by atoms with Crippen LogP contribution in [0.15, 0.2) is 18.2 Å². The average Bonchev–Trinajstić information content (AvgIpc) is 2.91. The van der Waals surface area contributed by atoms with Crippen molar-refractivity contribution < 1.29 is 14.3 Å². The Balaban J connectivity index is 2.15. The smallest absolute Gasteiger partial charge is 0.254 e. The number of aliphatic hydroxyl groups excluding tert-OH is 1. The van der Waals surface area contributed by atoms with Gasteiger partial charge in [-0.1, -0.05) is 19.9 Å². The second kappa shape index (κ2) is 7.41. The molecule has 0 unspecified atom stereocenters. The predicted octanol–water partition coefficient (Wildman–Crippen LogP) is 2.30. The molecular weight excluding hydrogens is 295 g/mol. The maximum absolute atomic E-state index is 13.7. The summed E-state index contributed by atoms with van der Waals surface area (Å²) >= 11 is 0. The molecule has 1 heterocycles. The van der Waals surface area contributed by atoms with Crippen LogP contribution in [-0.2, 0) is 0 Å². The van der Waals surface area contributed by atoms with Gasteiger partial charge in [-0.05, 0) is 37.0 Å². The van der Waals surface area contributed by atoms with Crippen LogP contribution in [0.1, 0.15) is 36.2 Å². The van der Waals surface area contributed by atoms with Gasteiger partial charge in [0, 0.05) is 38.3 Å². The molecular formula is C18H27FN2O2. The Morgan fingerprint density at radius 3 is 2.74 bits per heavy atom. The second-order valence-electron chi connectivity index (χ2n) is 6.84. The topological polar surface area (TPSA) is 43.8 Å². The minimum atomic E-state index is -0.354. The summed E-state index contributed by atoms with van der Waals surface area (Å²) in [4.78, 5) is 16.7. The van der Waals surface area contributed by atoms with Crippen LogP contribution in [0.2, 0.25) is 0 Å². The molecule has 1 aliphatic rings. The number of β-amino-alcohol motifs (C(OH)–C–C–N with tert-alkyl or cyclic N) is 1. The first-order chi connectivity index (χ1) is 10.8. The highest BCUT2D eigenvalue weighted by Gasteiger charge is 2.29. The van der Waals surface area contributed by atoms with E-state index in [1.165, 1.54) is 6.07 Å². The molecule has 1 aromatic carbocycles. The van der Waals surface area contributed by atoms with Crippen molar-refractivity contribution in [3.8, 4) is 0 Å². The Labute approximate surface area is 137 Å². The van der Waals surface area contributed by atoms with Crippen LogP contribution in [0.4, 0.5) is 4.39 Å². The highest BCUT2D eigenvalue weighted by Crippen LogP contribution is 2.20. The summed E-state index contributed by atoms with van der Waals surface area (Å²) in [5, 5.41) is 9.68. The lowest BCUT2D eigenvalue weighted by molar-refractivity contribution is 0.0631. The zero-order chi connectivity index (χ0) is 17.1. The highest BCUT2D eigenvalue weighted by atomic mass is 19.1. The van der Waals surface area contributed by atoms with E-state index in [-0.39, 0.29) is 29.8 Å². The van der Waals surface area contributed by atoms with Gasteiger partial charge in [0.15, 0.2) is 0 Å². The van der Waals surface area contributed by atoms with E-state index >= 15 is 0 Å². The number of amides is 1. The number of likely N-dealkylation sites (tertiary alicyclic amines) is 1. The minimum Gasteiger partial charge on any atom is -0.392 e. The number of carbonyl (C=O) groups excluding carboxylic acids is 1. The van der Waals surface area contributed by atoms with Crippen molar-refractivity contribution in [2.45, 2.75) is 39.3 Å². The first kappa shape index (κ1) is 17.9. The number of likely N-dealkylation sites (N-methyl/N-ethyl adjacent to an activating group) is 1.